The van der Waals surface area contributed by atoms with E-state index in [0.29, 0.717) is 18.1 Å². The molecule has 3 N–H and O–H groups in total. The summed E-state index contributed by atoms with van der Waals surface area (Å²) in [7, 11) is 0. The Kier molecular flexibility index (Phi) is 4.19. The highest BCUT2D eigenvalue weighted by molar-refractivity contribution is 5.24. The average molecular weight is 232 g/mol. The molecule has 0 aliphatic heterocycles. The third-order valence-electron chi connectivity index (χ3n) is 3.80. The molecule has 0 radical (unpaired) electrons. The largest absolute Gasteiger partial charge is 0.328 e. The highest BCUT2D eigenvalue weighted by atomic mass is 14.9. The van der Waals surface area contributed by atoms with E-state index in [-0.39, 0.29) is 0 Å². The van der Waals surface area contributed by atoms with Crippen LogP contribution in [-0.2, 0) is 0 Å². The first-order valence-electron chi connectivity index (χ1n) is 6.73. The first kappa shape index (κ1) is 12.6. The van der Waals surface area contributed by atoms with E-state index in [4.69, 9.17) is 5.73 Å². The predicted octanol–water partition coefficient (Wildman–Crippen LogP) is 2.92. The molecule has 0 unspecified atom stereocenters. The van der Waals surface area contributed by atoms with Crippen molar-refractivity contribution in [3.05, 3.63) is 35.4 Å². The van der Waals surface area contributed by atoms with E-state index in [1.807, 2.05) is 0 Å². The van der Waals surface area contributed by atoms with E-state index in [9.17, 15) is 0 Å². The molecule has 2 heteroatoms. The number of hydrogen-bond acceptors (Lipinski definition) is 2. The van der Waals surface area contributed by atoms with Gasteiger partial charge in [0.2, 0.25) is 0 Å². The van der Waals surface area contributed by atoms with Gasteiger partial charge in [-0.05, 0) is 45.1 Å². The Bertz CT molecular complexity index is 354. The summed E-state index contributed by atoms with van der Waals surface area (Å²) in [6, 6.07) is 10.3. The summed E-state index contributed by atoms with van der Waals surface area (Å²) in [5.41, 5.74) is 8.65. The lowest BCUT2D eigenvalue weighted by molar-refractivity contribution is 0.322. The second kappa shape index (κ2) is 5.65. The van der Waals surface area contributed by atoms with E-state index >= 15 is 0 Å². The van der Waals surface area contributed by atoms with Crippen molar-refractivity contribution < 1.29 is 0 Å². The molecule has 1 aromatic carbocycles. The van der Waals surface area contributed by atoms with Crippen molar-refractivity contribution in [2.45, 2.75) is 57.7 Å². The molecular formula is C15H24N2. The first-order valence-corrected chi connectivity index (χ1v) is 6.73. The molecule has 0 bridgehead atoms. The maximum absolute atomic E-state index is 5.93. The monoisotopic (exact) mass is 232 g/mol. The third kappa shape index (κ3) is 3.55. The van der Waals surface area contributed by atoms with Gasteiger partial charge in [-0.15, -0.1) is 0 Å². The van der Waals surface area contributed by atoms with Gasteiger partial charge in [0, 0.05) is 18.1 Å². The van der Waals surface area contributed by atoms with Gasteiger partial charge in [-0.2, -0.15) is 0 Å². The highest BCUT2D eigenvalue weighted by Gasteiger charge is 2.20. The zero-order valence-corrected chi connectivity index (χ0v) is 10.9. The van der Waals surface area contributed by atoms with E-state index in [2.05, 4.69) is 43.4 Å². The van der Waals surface area contributed by atoms with E-state index < -0.39 is 0 Å². The van der Waals surface area contributed by atoms with Crippen LogP contribution in [-0.4, -0.2) is 12.1 Å². The first-order chi connectivity index (χ1) is 8.15. The van der Waals surface area contributed by atoms with Crippen molar-refractivity contribution in [2.24, 2.45) is 5.73 Å². The molecule has 1 fully saturated rings. The van der Waals surface area contributed by atoms with Gasteiger partial charge in [-0.25, -0.2) is 0 Å². The molecule has 0 saturated heterocycles. The number of aryl methyl sites for hydroxylation is 1. The Hall–Kier alpha value is -0.860. The molecule has 94 valence electrons. The van der Waals surface area contributed by atoms with Gasteiger partial charge in [-0.3, -0.25) is 0 Å². The Balaban J connectivity index is 1.90. The van der Waals surface area contributed by atoms with Crippen molar-refractivity contribution in [3.8, 4) is 0 Å². The maximum Gasteiger partial charge on any atom is 0.0294 e. The van der Waals surface area contributed by atoms with Crippen molar-refractivity contribution >= 4 is 0 Å². The van der Waals surface area contributed by atoms with Gasteiger partial charge in [0.25, 0.3) is 0 Å². The van der Waals surface area contributed by atoms with E-state index in [0.717, 1.165) is 12.8 Å². The minimum absolute atomic E-state index is 0.433. The van der Waals surface area contributed by atoms with Gasteiger partial charge < -0.3 is 11.1 Å². The smallest absolute Gasteiger partial charge is 0.0294 e. The number of hydrogen-bond donors (Lipinski definition) is 2. The van der Waals surface area contributed by atoms with Crippen molar-refractivity contribution in [1.82, 2.24) is 5.32 Å². The Labute approximate surface area is 105 Å². The fourth-order valence-electron chi connectivity index (χ4n) is 2.68. The van der Waals surface area contributed by atoms with Crippen LogP contribution in [0.15, 0.2) is 24.3 Å². The summed E-state index contributed by atoms with van der Waals surface area (Å²) in [6.45, 7) is 4.40. The highest BCUT2D eigenvalue weighted by Crippen LogP contribution is 2.21. The van der Waals surface area contributed by atoms with Gasteiger partial charge in [0.1, 0.15) is 0 Å². The predicted molar refractivity (Wildman–Crippen MR) is 73.0 cm³/mol. The summed E-state index contributed by atoms with van der Waals surface area (Å²) in [4.78, 5) is 0. The third-order valence-corrected chi connectivity index (χ3v) is 3.80. The lowest BCUT2D eigenvalue weighted by Gasteiger charge is -2.29. The van der Waals surface area contributed by atoms with Crippen LogP contribution in [0.1, 0.15) is 49.8 Å². The molecule has 0 spiro atoms. The zero-order chi connectivity index (χ0) is 12.3. The Morgan fingerprint density at radius 2 is 1.94 bits per heavy atom. The van der Waals surface area contributed by atoms with Gasteiger partial charge in [0.05, 0.1) is 0 Å². The average Bonchev–Trinajstić information content (AvgIpc) is 2.32. The second-order valence-corrected chi connectivity index (χ2v) is 5.41. The standard InChI is InChI=1S/C15H24N2/c1-11-4-3-5-13(10-11)12(2)17-15-8-6-14(16)7-9-15/h3-5,10,12,14-15,17H,6-9,16H2,1-2H3/t12-,14?,15?/m0/s1. The molecule has 17 heavy (non-hydrogen) atoms. The summed E-state index contributed by atoms with van der Waals surface area (Å²) in [6.07, 6.45) is 4.77. The molecule has 1 aliphatic carbocycles. The molecule has 0 heterocycles. The molecule has 2 rings (SSSR count). The SMILES string of the molecule is Cc1cccc([C@H](C)NC2CCC(N)CC2)c1. The molecular weight excluding hydrogens is 208 g/mol. The fourth-order valence-corrected chi connectivity index (χ4v) is 2.68. The quantitative estimate of drug-likeness (QED) is 0.841. The van der Waals surface area contributed by atoms with E-state index in [1.165, 1.54) is 24.0 Å². The van der Waals surface area contributed by atoms with Gasteiger partial charge in [0.15, 0.2) is 0 Å². The maximum atomic E-state index is 5.93. The van der Waals surface area contributed by atoms with Crippen LogP contribution in [0.5, 0.6) is 0 Å². The fraction of sp³-hybridized carbons (Fsp3) is 0.600. The van der Waals surface area contributed by atoms with Crippen molar-refractivity contribution in [2.75, 3.05) is 0 Å². The molecule has 1 atom stereocenters. The lowest BCUT2D eigenvalue weighted by atomic mass is 9.91. The normalized spacial score (nSPS) is 26.8. The van der Waals surface area contributed by atoms with Crippen LogP contribution < -0.4 is 11.1 Å². The van der Waals surface area contributed by atoms with Crippen LogP contribution >= 0.6 is 0 Å². The summed E-state index contributed by atoms with van der Waals surface area (Å²) in [5, 5.41) is 3.73. The summed E-state index contributed by atoms with van der Waals surface area (Å²) in [5.74, 6) is 0. The van der Waals surface area contributed by atoms with Crippen LogP contribution in [0, 0.1) is 6.92 Å². The summed E-state index contributed by atoms with van der Waals surface area (Å²) < 4.78 is 0. The zero-order valence-electron chi connectivity index (χ0n) is 10.9. The molecule has 0 amide bonds. The molecule has 1 saturated carbocycles. The van der Waals surface area contributed by atoms with Gasteiger partial charge >= 0.3 is 0 Å². The van der Waals surface area contributed by atoms with Crippen molar-refractivity contribution in [1.29, 1.82) is 0 Å². The molecule has 1 aliphatic rings. The summed E-state index contributed by atoms with van der Waals surface area (Å²) >= 11 is 0. The Morgan fingerprint density at radius 3 is 2.59 bits per heavy atom. The van der Waals surface area contributed by atoms with Crippen LogP contribution in [0.2, 0.25) is 0 Å². The molecule has 2 nitrogen and oxygen atoms in total. The number of benzene rings is 1. The van der Waals surface area contributed by atoms with Crippen LogP contribution in [0.3, 0.4) is 0 Å². The van der Waals surface area contributed by atoms with Crippen LogP contribution in [0.4, 0.5) is 0 Å². The number of nitrogens with two attached hydrogens (primary N) is 1. The lowest BCUT2D eigenvalue weighted by Crippen LogP contribution is -2.38. The minimum Gasteiger partial charge on any atom is -0.328 e. The second-order valence-electron chi connectivity index (χ2n) is 5.41. The Morgan fingerprint density at radius 1 is 1.24 bits per heavy atom. The van der Waals surface area contributed by atoms with Gasteiger partial charge in [-0.1, -0.05) is 29.8 Å². The van der Waals surface area contributed by atoms with Crippen LogP contribution in [0.25, 0.3) is 0 Å². The number of rotatable bonds is 3. The van der Waals surface area contributed by atoms with E-state index in [1.54, 1.807) is 0 Å². The molecule has 0 aromatic heterocycles. The number of nitrogens with one attached hydrogen (secondary N) is 1. The minimum atomic E-state index is 0.433. The topological polar surface area (TPSA) is 38.0 Å². The van der Waals surface area contributed by atoms with Crippen molar-refractivity contribution in [3.63, 3.8) is 0 Å². The molecule has 1 aromatic rings.